The van der Waals surface area contributed by atoms with Crippen LogP contribution in [0.2, 0.25) is 5.02 Å². The average molecular weight is 465 g/mol. The lowest BCUT2D eigenvalue weighted by Gasteiger charge is -2.19. The van der Waals surface area contributed by atoms with Gasteiger partial charge in [0, 0.05) is 29.2 Å². The van der Waals surface area contributed by atoms with E-state index in [1.165, 1.54) is 0 Å². The fraction of sp³-hybridized carbons (Fsp3) is 0.259. The van der Waals surface area contributed by atoms with Crippen molar-refractivity contribution in [1.29, 1.82) is 0 Å². The van der Waals surface area contributed by atoms with Crippen LogP contribution in [-0.2, 0) is 4.74 Å². The number of hydrogen-bond acceptors (Lipinski definition) is 3. The van der Waals surface area contributed by atoms with Crippen molar-refractivity contribution in [3.63, 3.8) is 0 Å². The van der Waals surface area contributed by atoms with Gasteiger partial charge in [-0.25, -0.2) is 4.79 Å². The molecular weight excluding hydrogens is 436 g/mol. The minimum atomic E-state index is -0.535. The van der Waals surface area contributed by atoms with E-state index in [0.29, 0.717) is 30.1 Å². The largest absolute Gasteiger partial charge is 0.444 e. The highest BCUT2D eigenvalue weighted by molar-refractivity contribution is 6.33. The Labute approximate surface area is 200 Å². The topological polar surface area (TPSA) is 67.4 Å². The summed E-state index contributed by atoms with van der Waals surface area (Å²) in [5, 5.41) is 6.14. The molecule has 6 heteroatoms. The molecule has 0 atom stereocenters. The Hall–Kier alpha value is -3.31. The smallest absolute Gasteiger partial charge is 0.407 e. The highest BCUT2D eigenvalue weighted by Gasteiger charge is 2.15. The molecule has 0 unspecified atom stereocenters. The van der Waals surface area contributed by atoms with E-state index in [1.807, 2.05) is 63.2 Å². The molecule has 3 aromatic rings. The number of ether oxygens (including phenoxy) is 1. The van der Waals surface area contributed by atoms with Crippen molar-refractivity contribution in [2.75, 3.05) is 13.1 Å². The fourth-order valence-electron chi connectivity index (χ4n) is 3.26. The van der Waals surface area contributed by atoms with Gasteiger partial charge in [0.15, 0.2) is 0 Å². The van der Waals surface area contributed by atoms with Crippen LogP contribution < -0.4 is 10.6 Å². The van der Waals surface area contributed by atoms with E-state index in [4.69, 9.17) is 16.3 Å². The molecule has 5 nitrogen and oxygen atoms in total. The number of carbonyl (C=O) groups excluding carboxylic acids is 2. The first kappa shape index (κ1) is 24.3. The van der Waals surface area contributed by atoms with E-state index in [-0.39, 0.29) is 5.91 Å². The molecule has 0 aliphatic heterocycles. The predicted molar refractivity (Wildman–Crippen MR) is 134 cm³/mol. The average Bonchev–Trinajstić information content (AvgIpc) is 2.78. The number of halogens is 1. The van der Waals surface area contributed by atoms with Crippen molar-refractivity contribution < 1.29 is 14.3 Å². The SMILES string of the molecule is CC(C)(C)OC(=O)NCCCNC(=O)c1ccc(Cl)c(-c2ccc(-c3ccccc3)cc2)c1. The number of nitrogens with one attached hydrogen (secondary N) is 2. The standard InChI is InChI=1S/C27H29ClN2O3/c1-27(2,3)33-26(32)30-17-7-16-29-25(31)22-14-15-24(28)23(18-22)21-12-10-20(11-13-21)19-8-5-4-6-9-19/h4-6,8-15,18H,7,16-17H2,1-3H3,(H,29,31)(H,30,32). The predicted octanol–water partition coefficient (Wildman–Crippen LogP) is 6.32. The quantitative estimate of drug-likeness (QED) is 0.402. The molecule has 33 heavy (non-hydrogen) atoms. The van der Waals surface area contributed by atoms with Crippen LogP contribution in [0.15, 0.2) is 72.8 Å². The minimum absolute atomic E-state index is 0.189. The number of amides is 2. The molecule has 0 aromatic heterocycles. The molecule has 0 heterocycles. The van der Waals surface area contributed by atoms with Crippen LogP contribution in [0.3, 0.4) is 0 Å². The van der Waals surface area contributed by atoms with Gasteiger partial charge in [0.1, 0.15) is 5.60 Å². The van der Waals surface area contributed by atoms with Gasteiger partial charge in [-0.3, -0.25) is 4.79 Å². The molecule has 0 spiro atoms. The third kappa shape index (κ3) is 7.36. The van der Waals surface area contributed by atoms with Crippen molar-refractivity contribution in [2.24, 2.45) is 0 Å². The molecule has 0 fully saturated rings. The third-order valence-electron chi connectivity index (χ3n) is 4.84. The van der Waals surface area contributed by atoms with Gasteiger partial charge >= 0.3 is 6.09 Å². The Morgan fingerprint density at radius 2 is 1.42 bits per heavy atom. The monoisotopic (exact) mass is 464 g/mol. The van der Waals surface area contributed by atoms with Gasteiger partial charge in [-0.2, -0.15) is 0 Å². The summed E-state index contributed by atoms with van der Waals surface area (Å²) in [7, 11) is 0. The van der Waals surface area contributed by atoms with Crippen LogP contribution in [0.1, 0.15) is 37.6 Å². The van der Waals surface area contributed by atoms with Crippen LogP contribution in [0.25, 0.3) is 22.3 Å². The number of carbonyl (C=O) groups is 2. The van der Waals surface area contributed by atoms with Gasteiger partial charge in [-0.05, 0) is 62.1 Å². The maximum atomic E-state index is 12.6. The van der Waals surface area contributed by atoms with Crippen molar-refractivity contribution in [3.05, 3.63) is 83.4 Å². The van der Waals surface area contributed by atoms with E-state index in [1.54, 1.807) is 18.2 Å². The summed E-state index contributed by atoms with van der Waals surface area (Å²) in [5.74, 6) is -0.189. The molecule has 0 aliphatic rings. The second kappa shape index (κ2) is 11.0. The lowest BCUT2D eigenvalue weighted by Crippen LogP contribution is -2.34. The van der Waals surface area contributed by atoms with E-state index in [0.717, 1.165) is 22.3 Å². The van der Waals surface area contributed by atoms with E-state index in [9.17, 15) is 9.59 Å². The van der Waals surface area contributed by atoms with Crippen molar-refractivity contribution in [3.8, 4) is 22.3 Å². The van der Waals surface area contributed by atoms with Gasteiger partial charge < -0.3 is 15.4 Å². The van der Waals surface area contributed by atoms with Crippen LogP contribution in [0.4, 0.5) is 4.79 Å². The van der Waals surface area contributed by atoms with Gasteiger partial charge in [0.25, 0.3) is 5.91 Å². The fourth-order valence-corrected chi connectivity index (χ4v) is 3.48. The Bertz CT molecular complexity index is 1090. The molecule has 3 rings (SSSR count). The first-order valence-corrected chi connectivity index (χ1v) is 11.3. The van der Waals surface area contributed by atoms with Crippen LogP contribution in [-0.4, -0.2) is 30.7 Å². The molecule has 0 aliphatic carbocycles. The number of benzene rings is 3. The van der Waals surface area contributed by atoms with E-state index < -0.39 is 11.7 Å². The lowest BCUT2D eigenvalue weighted by molar-refractivity contribution is 0.0527. The Morgan fingerprint density at radius 3 is 2.09 bits per heavy atom. The minimum Gasteiger partial charge on any atom is -0.444 e. The summed E-state index contributed by atoms with van der Waals surface area (Å²) >= 11 is 6.43. The van der Waals surface area contributed by atoms with E-state index in [2.05, 4.69) is 22.8 Å². The first-order chi connectivity index (χ1) is 15.7. The highest BCUT2D eigenvalue weighted by Crippen LogP contribution is 2.31. The number of rotatable bonds is 7. The van der Waals surface area contributed by atoms with Crippen LogP contribution in [0, 0.1) is 0 Å². The van der Waals surface area contributed by atoms with E-state index >= 15 is 0 Å². The Morgan fingerprint density at radius 1 is 0.818 bits per heavy atom. The molecule has 0 saturated carbocycles. The highest BCUT2D eigenvalue weighted by atomic mass is 35.5. The maximum Gasteiger partial charge on any atom is 0.407 e. The molecule has 0 bridgehead atoms. The van der Waals surface area contributed by atoms with Crippen LogP contribution in [0.5, 0.6) is 0 Å². The van der Waals surface area contributed by atoms with Gasteiger partial charge in [-0.1, -0.05) is 66.2 Å². The zero-order valence-electron chi connectivity index (χ0n) is 19.2. The second-order valence-corrected chi connectivity index (χ2v) is 9.08. The third-order valence-corrected chi connectivity index (χ3v) is 5.17. The summed E-state index contributed by atoms with van der Waals surface area (Å²) in [6.07, 6.45) is 0.126. The number of alkyl carbamates (subject to hydrolysis) is 1. The van der Waals surface area contributed by atoms with Crippen LogP contribution >= 0.6 is 11.6 Å². The molecule has 0 radical (unpaired) electrons. The van der Waals surface area contributed by atoms with Crippen molar-refractivity contribution in [2.45, 2.75) is 32.8 Å². The van der Waals surface area contributed by atoms with Gasteiger partial charge in [0.2, 0.25) is 0 Å². The molecule has 2 N–H and O–H groups in total. The molecule has 0 saturated heterocycles. The Balaban J connectivity index is 1.57. The first-order valence-electron chi connectivity index (χ1n) is 10.9. The molecule has 3 aromatic carbocycles. The molecule has 2 amide bonds. The maximum absolute atomic E-state index is 12.6. The summed E-state index contributed by atoms with van der Waals surface area (Å²) in [5.41, 5.74) is 3.99. The summed E-state index contributed by atoms with van der Waals surface area (Å²) in [6.45, 7) is 6.27. The summed E-state index contributed by atoms with van der Waals surface area (Å²) < 4.78 is 5.18. The molecular formula is C27H29ClN2O3. The second-order valence-electron chi connectivity index (χ2n) is 8.68. The van der Waals surface area contributed by atoms with Gasteiger partial charge in [0.05, 0.1) is 0 Å². The summed E-state index contributed by atoms with van der Waals surface area (Å²) in [6, 6.07) is 23.5. The van der Waals surface area contributed by atoms with Crippen molar-refractivity contribution in [1.82, 2.24) is 10.6 Å². The zero-order chi connectivity index (χ0) is 23.8. The van der Waals surface area contributed by atoms with Gasteiger partial charge in [-0.15, -0.1) is 0 Å². The van der Waals surface area contributed by atoms with Crippen molar-refractivity contribution >= 4 is 23.6 Å². The zero-order valence-corrected chi connectivity index (χ0v) is 19.9. The lowest BCUT2D eigenvalue weighted by atomic mass is 9.99. The number of hydrogen-bond donors (Lipinski definition) is 2. The summed E-state index contributed by atoms with van der Waals surface area (Å²) in [4.78, 5) is 24.2. The Kier molecular flexibility index (Phi) is 8.12. The normalized spacial score (nSPS) is 11.0. The molecule has 172 valence electrons.